The van der Waals surface area contributed by atoms with Crippen LogP contribution in [0.25, 0.3) is 0 Å². The third-order valence-electron chi connectivity index (χ3n) is 1.36. The summed E-state index contributed by atoms with van der Waals surface area (Å²) in [7, 11) is 0. The van der Waals surface area contributed by atoms with Crippen LogP contribution >= 0.6 is 11.6 Å². The molecule has 3 heteroatoms. The second-order valence-electron chi connectivity index (χ2n) is 2.34. The van der Waals surface area contributed by atoms with E-state index in [9.17, 15) is 0 Å². The highest BCUT2D eigenvalue weighted by molar-refractivity contribution is 6.30. The maximum Gasteiger partial charge on any atom is 0.142 e. The van der Waals surface area contributed by atoms with Gasteiger partial charge in [-0.25, -0.2) is 0 Å². The molecule has 78 valence electrons. The van der Waals surface area contributed by atoms with E-state index < -0.39 is 0 Å². The zero-order valence-corrected chi connectivity index (χ0v) is 9.64. The van der Waals surface area contributed by atoms with Crippen molar-refractivity contribution in [3.8, 4) is 5.75 Å². The summed E-state index contributed by atoms with van der Waals surface area (Å²) in [6, 6.07) is 1.74. The van der Waals surface area contributed by atoms with Crippen LogP contribution in [0.4, 0.5) is 0 Å². The van der Waals surface area contributed by atoms with Crippen LogP contribution in [-0.2, 0) is 0 Å². The molecular weight excluding hydrogens is 198 g/mol. The molecule has 0 unspecified atom stereocenters. The summed E-state index contributed by atoms with van der Waals surface area (Å²) in [6.45, 7) is 9.89. The summed E-state index contributed by atoms with van der Waals surface area (Å²) in [5, 5.41) is 0.583. The predicted molar refractivity (Wildman–Crippen MR) is 61.0 cm³/mol. The van der Waals surface area contributed by atoms with Gasteiger partial charge < -0.3 is 4.74 Å². The van der Waals surface area contributed by atoms with Crippen LogP contribution in [0.1, 0.15) is 19.5 Å². The number of nitrogens with zero attached hydrogens (tertiary/aromatic N) is 1. The largest absolute Gasteiger partial charge is 0.488 e. The third kappa shape index (κ3) is 4.28. The highest BCUT2D eigenvalue weighted by Gasteiger charge is 1.99. The molecule has 0 fully saturated rings. The lowest BCUT2D eigenvalue weighted by atomic mass is 10.3. The lowest BCUT2D eigenvalue weighted by molar-refractivity contribution is 0.359. The molecule has 0 bridgehead atoms. The van der Waals surface area contributed by atoms with Gasteiger partial charge in [0.05, 0.1) is 10.7 Å². The van der Waals surface area contributed by atoms with Crippen LogP contribution in [0.3, 0.4) is 0 Å². The Morgan fingerprint density at radius 2 is 2.21 bits per heavy atom. The van der Waals surface area contributed by atoms with E-state index >= 15 is 0 Å². The van der Waals surface area contributed by atoms with E-state index in [1.54, 1.807) is 18.3 Å². The molecule has 0 atom stereocenters. The molecule has 0 aliphatic heterocycles. The molecule has 0 aliphatic carbocycles. The van der Waals surface area contributed by atoms with E-state index in [0.29, 0.717) is 17.4 Å². The first-order valence-corrected chi connectivity index (χ1v) is 4.97. The summed E-state index contributed by atoms with van der Waals surface area (Å²) in [4.78, 5) is 4.04. The van der Waals surface area contributed by atoms with Crippen molar-refractivity contribution in [1.29, 1.82) is 0 Å². The monoisotopic (exact) mass is 213 g/mol. The van der Waals surface area contributed by atoms with Crippen molar-refractivity contribution in [3.05, 3.63) is 35.6 Å². The maximum atomic E-state index is 5.73. The highest BCUT2D eigenvalue weighted by atomic mass is 35.5. The number of hydrogen-bond acceptors (Lipinski definition) is 2. The quantitative estimate of drug-likeness (QED) is 0.716. The molecule has 1 rings (SSSR count). The molecule has 0 N–H and O–H groups in total. The Hall–Kier alpha value is -1.02. The molecule has 0 spiro atoms. The van der Waals surface area contributed by atoms with Gasteiger partial charge in [-0.2, -0.15) is 0 Å². The predicted octanol–water partition coefficient (Wildman–Crippen LogP) is 3.63. The van der Waals surface area contributed by atoms with Crippen LogP contribution in [0, 0.1) is 6.92 Å². The number of aromatic nitrogens is 1. The van der Waals surface area contributed by atoms with Gasteiger partial charge in [0.1, 0.15) is 12.4 Å². The molecular formula is C11H16ClNO. The molecule has 0 saturated heterocycles. The van der Waals surface area contributed by atoms with Gasteiger partial charge in [0.15, 0.2) is 0 Å². The Bertz CT molecular complexity index is 287. The van der Waals surface area contributed by atoms with Gasteiger partial charge in [0.2, 0.25) is 0 Å². The Kier molecular flexibility index (Phi) is 6.85. The number of hydrogen-bond donors (Lipinski definition) is 0. The van der Waals surface area contributed by atoms with Gasteiger partial charge >= 0.3 is 0 Å². The van der Waals surface area contributed by atoms with Gasteiger partial charge in [-0.15, -0.1) is 0 Å². The first-order chi connectivity index (χ1) is 6.74. The standard InChI is InChI=1S/C9H10ClNO.C2H6/c1-3-4-12-9-5-8(10)6-11-7(9)2;1-2/h3,5-6H,1,4H2,2H3;1-2H3. The van der Waals surface area contributed by atoms with E-state index in [4.69, 9.17) is 16.3 Å². The minimum absolute atomic E-state index is 0.475. The molecule has 1 aromatic rings. The molecule has 2 nitrogen and oxygen atoms in total. The minimum Gasteiger partial charge on any atom is -0.488 e. The number of halogens is 1. The van der Waals surface area contributed by atoms with Gasteiger partial charge in [-0.3, -0.25) is 4.98 Å². The Morgan fingerprint density at radius 1 is 1.57 bits per heavy atom. The zero-order chi connectivity index (χ0) is 11.0. The maximum absolute atomic E-state index is 5.73. The van der Waals surface area contributed by atoms with Crippen molar-refractivity contribution in [2.45, 2.75) is 20.8 Å². The fourth-order valence-corrected chi connectivity index (χ4v) is 0.932. The number of aryl methyl sites for hydroxylation is 1. The van der Waals surface area contributed by atoms with E-state index in [0.717, 1.165) is 5.69 Å². The fraction of sp³-hybridized carbons (Fsp3) is 0.364. The first kappa shape index (κ1) is 13.0. The van der Waals surface area contributed by atoms with Crippen LogP contribution in [0.5, 0.6) is 5.75 Å². The van der Waals surface area contributed by atoms with Crippen molar-refractivity contribution in [2.24, 2.45) is 0 Å². The smallest absolute Gasteiger partial charge is 0.142 e. The van der Waals surface area contributed by atoms with Crippen molar-refractivity contribution in [2.75, 3.05) is 6.61 Å². The Morgan fingerprint density at radius 3 is 2.79 bits per heavy atom. The topological polar surface area (TPSA) is 22.1 Å². The summed E-state index contributed by atoms with van der Waals surface area (Å²) >= 11 is 5.73. The number of rotatable bonds is 3. The lowest BCUT2D eigenvalue weighted by Crippen LogP contribution is -1.96. The molecule has 14 heavy (non-hydrogen) atoms. The van der Waals surface area contributed by atoms with E-state index in [1.165, 1.54) is 0 Å². The highest BCUT2D eigenvalue weighted by Crippen LogP contribution is 2.19. The summed E-state index contributed by atoms with van der Waals surface area (Å²) in [5.41, 5.74) is 0.834. The van der Waals surface area contributed by atoms with Crippen molar-refractivity contribution >= 4 is 11.6 Å². The number of ether oxygens (including phenoxy) is 1. The van der Waals surface area contributed by atoms with Crippen molar-refractivity contribution in [3.63, 3.8) is 0 Å². The molecule has 0 aromatic carbocycles. The van der Waals surface area contributed by atoms with Crippen LogP contribution in [0.15, 0.2) is 24.9 Å². The van der Waals surface area contributed by atoms with E-state index in [2.05, 4.69) is 11.6 Å². The van der Waals surface area contributed by atoms with Crippen LogP contribution in [0.2, 0.25) is 5.02 Å². The SMILES string of the molecule is C=CCOc1cc(Cl)cnc1C.CC. The second-order valence-corrected chi connectivity index (χ2v) is 2.77. The third-order valence-corrected chi connectivity index (χ3v) is 1.57. The van der Waals surface area contributed by atoms with E-state index in [-0.39, 0.29) is 0 Å². The molecule has 0 saturated carbocycles. The summed E-state index contributed by atoms with van der Waals surface area (Å²) in [6.07, 6.45) is 3.28. The normalized spacial score (nSPS) is 8.57. The summed E-state index contributed by atoms with van der Waals surface area (Å²) in [5.74, 6) is 0.711. The van der Waals surface area contributed by atoms with Gasteiger partial charge in [0.25, 0.3) is 0 Å². The molecule has 0 amide bonds. The zero-order valence-electron chi connectivity index (χ0n) is 8.88. The Labute approximate surface area is 90.6 Å². The molecule has 1 aromatic heterocycles. The summed E-state index contributed by atoms with van der Waals surface area (Å²) < 4.78 is 5.30. The minimum atomic E-state index is 0.475. The van der Waals surface area contributed by atoms with Gasteiger partial charge in [-0.05, 0) is 6.92 Å². The fourth-order valence-electron chi connectivity index (χ4n) is 0.784. The van der Waals surface area contributed by atoms with Crippen molar-refractivity contribution < 1.29 is 4.74 Å². The second kappa shape index (κ2) is 7.39. The van der Waals surface area contributed by atoms with Crippen LogP contribution in [-0.4, -0.2) is 11.6 Å². The lowest BCUT2D eigenvalue weighted by Gasteiger charge is -2.05. The van der Waals surface area contributed by atoms with E-state index in [1.807, 2.05) is 20.8 Å². The molecule has 1 heterocycles. The average molecular weight is 214 g/mol. The van der Waals surface area contributed by atoms with Crippen LogP contribution < -0.4 is 4.74 Å². The molecule has 0 aliphatic rings. The number of pyridine rings is 1. The Balaban J connectivity index is 0.000000791. The first-order valence-electron chi connectivity index (χ1n) is 4.60. The van der Waals surface area contributed by atoms with Gasteiger partial charge in [0, 0.05) is 12.3 Å². The van der Waals surface area contributed by atoms with Crippen molar-refractivity contribution in [1.82, 2.24) is 4.98 Å². The average Bonchev–Trinajstić information content (AvgIpc) is 2.22. The molecule has 0 radical (unpaired) electrons. The van der Waals surface area contributed by atoms with Gasteiger partial charge in [-0.1, -0.05) is 38.1 Å².